The molecule has 5 aromatic rings. The van der Waals surface area contributed by atoms with Crippen molar-refractivity contribution in [2.45, 2.75) is 6.92 Å². The van der Waals surface area contributed by atoms with E-state index in [4.69, 9.17) is 44.5 Å². The van der Waals surface area contributed by atoms with Gasteiger partial charge in [0.15, 0.2) is 11.2 Å². The van der Waals surface area contributed by atoms with Crippen molar-refractivity contribution < 1.29 is 4.74 Å². The fourth-order valence-electron chi connectivity index (χ4n) is 3.77. The summed E-state index contributed by atoms with van der Waals surface area (Å²) in [5.41, 5.74) is 3.15. The van der Waals surface area contributed by atoms with Crippen molar-refractivity contribution in [2.75, 3.05) is 7.11 Å². The van der Waals surface area contributed by atoms with E-state index in [0.29, 0.717) is 49.4 Å². The number of imidazole rings is 1. The Hall–Kier alpha value is -3.32. The molecule has 0 unspecified atom stereocenters. The van der Waals surface area contributed by atoms with Crippen molar-refractivity contribution in [3.63, 3.8) is 0 Å². The highest BCUT2D eigenvalue weighted by atomic mass is 35.5. The molecule has 0 fully saturated rings. The van der Waals surface area contributed by atoms with E-state index < -0.39 is 5.56 Å². The van der Waals surface area contributed by atoms with Gasteiger partial charge in [0.05, 0.1) is 17.8 Å². The smallest absolute Gasteiger partial charge is 0.279 e. The fraction of sp³-hybridized carbons (Fsp3) is 0.0800. The van der Waals surface area contributed by atoms with E-state index in [0.717, 1.165) is 11.1 Å². The first-order valence-electron chi connectivity index (χ1n) is 10.2. The maximum absolute atomic E-state index is 13.2. The number of ether oxygens (including phenoxy) is 1. The molecule has 0 bridgehead atoms. The van der Waals surface area contributed by atoms with Crippen LogP contribution in [-0.4, -0.2) is 26.6 Å². The molecule has 5 rings (SSSR count). The minimum atomic E-state index is -0.397. The van der Waals surface area contributed by atoms with Gasteiger partial charge in [-0.05, 0) is 67.1 Å². The van der Waals surface area contributed by atoms with Crippen LogP contribution in [0, 0.1) is 6.92 Å². The molecule has 170 valence electrons. The topological polar surface area (TPSA) is 72.8 Å². The number of H-pyrrole nitrogens is 1. The van der Waals surface area contributed by atoms with Crippen LogP contribution in [0.4, 0.5) is 0 Å². The number of benzene rings is 3. The van der Waals surface area contributed by atoms with Crippen molar-refractivity contribution >= 4 is 46.0 Å². The summed E-state index contributed by atoms with van der Waals surface area (Å²) in [5.74, 6) is 1.43. The monoisotopic (exact) mass is 510 g/mol. The van der Waals surface area contributed by atoms with Crippen molar-refractivity contribution in [2.24, 2.45) is 0 Å². The number of nitrogens with one attached hydrogen (secondary N) is 1. The molecule has 3 aromatic carbocycles. The van der Waals surface area contributed by atoms with Crippen LogP contribution in [0.5, 0.6) is 5.75 Å². The van der Waals surface area contributed by atoms with Crippen LogP contribution in [0.15, 0.2) is 65.5 Å². The molecule has 0 aliphatic carbocycles. The third kappa shape index (κ3) is 3.94. The molecule has 0 spiro atoms. The zero-order chi connectivity index (χ0) is 24.0. The summed E-state index contributed by atoms with van der Waals surface area (Å²) in [6.45, 7) is 1.98. The van der Waals surface area contributed by atoms with Crippen molar-refractivity contribution in [3.05, 3.63) is 91.6 Å². The van der Waals surface area contributed by atoms with Crippen LogP contribution in [0.25, 0.3) is 39.6 Å². The standard InChI is InChI=1S/C25H17Cl3N4O2/c1-13-3-10-20(34-2)19(11-13)32-23(14-4-6-15(26)7-5-14)29-21-24(32)30-22(31-25(21)33)17-9-8-16(27)12-18(17)28/h3-12H,1-2H3,(H,30,31,33). The number of rotatable bonds is 4. The van der Waals surface area contributed by atoms with Gasteiger partial charge in [0, 0.05) is 21.2 Å². The molecule has 0 saturated carbocycles. The highest BCUT2D eigenvalue weighted by molar-refractivity contribution is 6.36. The maximum Gasteiger partial charge on any atom is 0.279 e. The molecule has 1 N–H and O–H groups in total. The van der Waals surface area contributed by atoms with E-state index in [2.05, 4.69) is 9.97 Å². The Bertz CT molecular complexity index is 1610. The van der Waals surface area contributed by atoms with Gasteiger partial charge in [-0.15, -0.1) is 0 Å². The van der Waals surface area contributed by atoms with Crippen LogP contribution < -0.4 is 10.3 Å². The van der Waals surface area contributed by atoms with Gasteiger partial charge < -0.3 is 9.72 Å². The van der Waals surface area contributed by atoms with E-state index in [9.17, 15) is 4.79 Å². The van der Waals surface area contributed by atoms with E-state index in [1.807, 2.05) is 41.8 Å². The highest BCUT2D eigenvalue weighted by Gasteiger charge is 2.22. The van der Waals surface area contributed by atoms with Crippen molar-refractivity contribution in [1.29, 1.82) is 0 Å². The lowest BCUT2D eigenvalue weighted by molar-refractivity contribution is 0.413. The highest BCUT2D eigenvalue weighted by Crippen LogP contribution is 2.34. The molecule has 0 radical (unpaired) electrons. The predicted molar refractivity (Wildman–Crippen MR) is 137 cm³/mol. The van der Waals surface area contributed by atoms with E-state index in [-0.39, 0.29) is 5.52 Å². The Labute approximate surface area is 209 Å². The summed E-state index contributed by atoms with van der Waals surface area (Å²) in [4.78, 5) is 25.4. The molecule has 34 heavy (non-hydrogen) atoms. The first-order valence-corrected chi connectivity index (χ1v) is 11.4. The minimum Gasteiger partial charge on any atom is -0.495 e. The average Bonchev–Trinajstić information content (AvgIpc) is 3.19. The third-order valence-electron chi connectivity index (χ3n) is 5.38. The average molecular weight is 512 g/mol. The molecule has 9 heteroatoms. The van der Waals surface area contributed by atoms with Crippen LogP contribution >= 0.6 is 34.8 Å². The lowest BCUT2D eigenvalue weighted by atomic mass is 10.1. The third-order valence-corrected chi connectivity index (χ3v) is 6.18. The number of methoxy groups -OCH3 is 1. The Morgan fingerprint density at radius 1 is 0.912 bits per heavy atom. The first-order chi connectivity index (χ1) is 16.4. The first kappa shape index (κ1) is 22.5. The van der Waals surface area contributed by atoms with Crippen molar-refractivity contribution in [3.8, 4) is 34.2 Å². The van der Waals surface area contributed by atoms with Crippen LogP contribution in [0.1, 0.15) is 5.56 Å². The van der Waals surface area contributed by atoms with Gasteiger partial charge in [0.2, 0.25) is 0 Å². The number of aromatic amines is 1. The molecule has 0 aliphatic heterocycles. The van der Waals surface area contributed by atoms with Gasteiger partial charge in [0.1, 0.15) is 17.4 Å². The van der Waals surface area contributed by atoms with E-state index in [1.54, 1.807) is 37.4 Å². The quantitative estimate of drug-likeness (QED) is 0.291. The second-order valence-corrected chi connectivity index (χ2v) is 8.94. The number of aryl methyl sites for hydroxylation is 1. The molecule has 2 heterocycles. The summed E-state index contributed by atoms with van der Waals surface area (Å²) in [6.07, 6.45) is 0. The summed E-state index contributed by atoms with van der Waals surface area (Å²) >= 11 is 18.6. The number of hydrogen-bond acceptors (Lipinski definition) is 4. The van der Waals surface area contributed by atoms with E-state index >= 15 is 0 Å². The van der Waals surface area contributed by atoms with Crippen LogP contribution in [0.2, 0.25) is 15.1 Å². The Kier molecular flexibility index (Phi) is 5.81. The fourth-order valence-corrected chi connectivity index (χ4v) is 4.40. The van der Waals surface area contributed by atoms with Crippen LogP contribution in [0.3, 0.4) is 0 Å². The Balaban J connectivity index is 1.88. The van der Waals surface area contributed by atoms with Crippen LogP contribution in [-0.2, 0) is 0 Å². The number of aromatic nitrogens is 4. The van der Waals surface area contributed by atoms with Gasteiger partial charge in [-0.1, -0.05) is 40.9 Å². The second-order valence-electron chi connectivity index (χ2n) is 7.66. The normalized spacial score (nSPS) is 11.2. The van der Waals surface area contributed by atoms with Gasteiger partial charge in [0.25, 0.3) is 5.56 Å². The molecule has 6 nitrogen and oxygen atoms in total. The minimum absolute atomic E-state index is 0.183. The lowest BCUT2D eigenvalue weighted by Gasteiger charge is -2.14. The Morgan fingerprint density at radius 2 is 1.65 bits per heavy atom. The molecular formula is C25H17Cl3N4O2. The van der Waals surface area contributed by atoms with Gasteiger partial charge >= 0.3 is 0 Å². The Morgan fingerprint density at radius 3 is 2.35 bits per heavy atom. The SMILES string of the molecule is COc1ccc(C)cc1-n1c(-c2ccc(Cl)cc2)nc2c(=O)[nH]c(-c3ccc(Cl)cc3Cl)nc21. The lowest BCUT2D eigenvalue weighted by Crippen LogP contribution is -2.11. The summed E-state index contributed by atoms with van der Waals surface area (Å²) < 4.78 is 7.45. The van der Waals surface area contributed by atoms with Gasteiger partial charge in [-0.2, -0.15) is 0 Å². The number of hydrogen-bond donors (Lipinski definition) is 1. The largest absolute Gasteiger partial charge is 0.495 e. The molecule has 0 amide bonds. The molecule has 0 atom stereocenters. The van der Waals surface area contributed by atoms with Gasteiger partial charge in [-0.3, -0.25) is 9.36 Å². The summed E-state index contributed by atoms with van der Waals surface area (Å²) in [5, 5.41) is 1.44. The number of fused-ring (bicyclic) bond motifs is 1. The van der Waals surface area contributed by atoms with Gasteiger partial charge in [-0.25, -0.2) is 9.97 Å². The number of halogens is 3. The van der Waals surface area contributed by atoms with Crippen molar-refractivity contribution in [1.82, 2.24) is 19.5 Å². The number of nitrogens with zero attached hydrogens (tertiary/aromatic N) is 3. The summed E-state index contributed by atoms with van der Waals surface area (Å²) in [7, 11) is 1.59. The molecule has 0 saturated heterocycles. The molecule has 0 aliphatic rings. The maximum atomic E-state index is 13.2. The summed E-state index contributed by atoms with van der Waals surface area (Å²) in [6, 6.07) is 18.0. The predicted octanol–water partition coefficient (Wildman–Crippen LogP) is 6.72. The molecule has 2 aromatic heterocycles. The molecular weight excluding hydrogens is 495 g/mol. The zero-order valence-electron chi connectivity index (χ0n) is 18.1. The zero-order valence-corrected chi connectivity index (χ0v) is 20.3. The second kappa shape index (κ2) is 8.80. The van der Waals surface area contributed by atoms with E-state index in [1.165, 1.54) is 0 Å².